The second-order valence-corrected chi connectivity index (χ2v) is 16.8. The van der Waals surface area contributed by atoms with Gasteiger partial charge in [0.25, 0.3) is 8.32 Å². The fourth-order valence-electron chi connectivity index (χ4n) is 5.77. The van der Waals surface area contributed by atoms with E-state index in [0.29, 0.717) is 12.0 Å². The van der Waals surface area contributed by atoms with Gasteiger partial charge in [-0.15, -0.1) is 0 Å². The number of halogens is 1. The molecule has 0 unspecified atom stereocenters. The lowest BCUT2D eigenvalue weighted by atomic mass is 9.53. The lowest BCUT2D eigenvalue weighted by molar-refractivity contribution is -0.0453. The molecule has 0 radical (unpaired) electrons. The molecule has 0 saturated carbocycles. The topological polar surface area (TPSA) is 41.9 Å². The third kappa shape index (κ3) is 2.61. The van der Waals surface area contributed by atoms with Gasteiger partial charge in [-0.3, -0.25) is 0 Å². The molecule has 2 heterocycles. The molecule has 4 aliphatic rings. The van der Waals surface area contributed by atoms with Crippen molar-refractivity contribution < 1.29 is 14.3 Å². The Hall–Kier alpha value is -0.573. The second kappa shape index (κ2) is 6.23. The fourth-order valence-corrected chi connectivity index (χ4v) is 7.55. The van der Waals surface area contributed by atoms with Crippen LogP contribution >= 0.6 is 22.6 Å². The zero-order valence-electron chi connectivity index (χ0n) is 18.3. The van der Waals surface area contributed by atoms with E-state index in [2.05, 4.69) is 80.5 Å². The quantitative estimate of drug-likeness (QED) is 0.351. The van der Waals surface area contributed by atoms with Gasteiger partial charge in [0.2, 0.25) is 0 Å². The van der Waals surface area contributed by atoms with E-state index in [-0.39, 0.29) is 16.6 Å². The molecule has 0 aromatic heterocycles. The first-order chi connectivity index (χ1) is 13.5. The van der Waals surface area contributed by atoms with Gasteiger partial charge in [0.1, 0.15) is 18.0 Å². The van der Waals surface area contributed by atoms with Crippen molar-refractivity contribution in [3.8, 4) is 11.5 Å². The zero-order valence-corrected chi connectivity index (χ0v) is 21.4. The molecule has 4 nitrogen and oxygen atoms in total. The van der Waals surface area contributed by atoms with Crippen LogP contribution in [0.2, 0.25) is 18.1 Å². The molecule has 1 aromatic rings. The SMILES string of the molecule is CN1CC[C@]23c4c5c(I)cc(O[Si](C)(C)C(C)(C)C)c4O[C@H]2[C@@H](O)C=C[C@H]3[C@H]1C5. The molecule has 5 rings (SSSR count). The van der Waals surface area contributed by atoms with Crippen LogP contribution in [0.25, 0.3) is 0 Å². The zero-order chi connectivity index (χ0) is 20.9. The number of ether oxygens (including phenoxy) is 1. The number of nitrogens with zero attached hydrogens (tertiary/aromatic N) is 1. The minimum atomic E-state index is -2.01. The first-order valence-corrected chi connectivity index (χ1v) is 14.7. The van der Waals surface area contributed by atoms with Crippen molar-refractivity contribution in [2.75, 3.05) is 13.6 Å². The summed E-state index contributed by atoms with van der Waals surface area (Å²) in [6.07, 6.45) is 5.54. The van der Waals surface area contributed by atoms with Gasteiger partial charge in [-0.1, -0.05) is 32.9 Å². The summed E-state index contributed by atoms with van der Waals surface area (Å²) in [6, 6.07) is 2.66. The van der Waals surface area contributed by atoms with Crippen molar-refractivity contribution in [3.05, 3.63) is 32.9 Å². The molecule has 1 aromatic carbocycles. The lowest BCUT2D eigenvalue weighted by Crippen LogP contribution is -2.64. The van der Waals surface area contributed by atoms with Gasteiger partial charge >= 0.3 is 0 Å². The Morgan fingerprint density at radius 3 is 2.72 bits per heavy atom. The van der Waals surface area contributed by atoms with Crippen LogP contribution in [-0.2, 0) is 11.8 Å². The van der Waals surface area contributed by atoms with Crippen LogP contribution in [0.3, 0.4) is 0 Å². The van der Waals surface area contributed by atoms with Crippen molar-refractivity contribution in [2.24, 2.45) is 5.92 Å². The summed E-state index contributed by atoms with van der Waals surface area (Å²) in [5.74, 6) is 2.21. The van der Waals surface area contributed by atoms with Gasteiger partial charge in [0.15, 0.2) is 5.75 Å². The molecular weight excluding hydrogens is 493 g/mol. The first kappa shape index (κ1) is 20.3. The average Bonchev–Trinajstić information content (AvgIpc) is 2.96. The van der Waals surface area contributed by atoms with Crippen molar-refractivity contribution in [1.29, 1.82) is 0 Å². The van der Waals surface area contributed by atoms with E-state index in [1.807, 2.05) is 6.08 Å². The Labute approximate surface area is 188 Å². The first-order valence-electron chi connectivity index (χ1n) is 10.8. The van der Waals surface area contributed by atoms with Crippen LogP contribution in [0.1, 0.15) is 38.3 Å². The highest BCUT2D eigenvalue weighted by molar-refractivity contribution is 14.1. The Balaban J connectivity index is 1.72. The second-order valence-electron chi connectivity index (χ2n) is 10.9. The van der Waals surface area contributed by atoms with Gasteiger partial charge in [-0.2, -0.15) is 0 Å². The molecule has 5 atom stereocenters. The van der Waals surface area contributed by atoms with Gasteiger partial charge in [-0.25, -0.2) is 0 Å². The Morgan fingerprint density at radius 1 is 1.31 bits per heavy atom. The maximum absolute atomic E-state index is 10.9. The normalized spacial score (nSPS) is 35.3. The summed E-state index contributed by atoms with van der Waals surface area (Å²) >= 11 is 2.49. The van der Waals surface area contributed by atoms with Gasteiger partial charge in [0, 0.05) is 26.5 Å². The molecule has 1 spiro atoms. The number of piperidine rings is 1. The highest BCUT2D eigenvalue weighted by Crippen LogP contribution is 2.63. The minimum Gasteiger partial charge on any atom is -0.541 e. The highest BCUT2D eigenvalue weighted by atomic mass is 127. The average molecular weight is 526 g/mol. The van der Waals surface area contributed by atoms with Crippen LogP contribution in [0.4, 0.5) is 0 Å². The van der Waals surface area contributed by atoms with Crippen molar-refractivity contribution in [1.82, 2.24) is 4.90 Å². The number of aliphatic hydroxyl groups excluding tert-OH is 1. The molecule has 2 aliphatic carbocycles. The third-order valence-corrected chi connectivity index (χ3v) is 13.7. The number of hydrogen-bond acceptors (Lipinski definition) is 4. The predicted molar refractivity (Wildman–Crippen MR) is 126 cm³/mol. The maximum atomic E-state index is 10.9. The van der Waals surface area contributed by atoms with E-state index >= 15 is 0 Å². The van der Waals surface area contributed by atoms with Crippen LogP contribution in [0, 0.1) is 9.49 Å². The fraction of sp³-hybridized carbons (Fsp3) is 0.652. The van der Waals surface area contributed by atoms with Crippen LogP contribution in [0.15, 0.2) is 18.2 Å². The van der Waals surface area contributed by atoms with E-state index in [9.17, 15) is 5.11 Å². The molecular formula is C23H32INO3Si. The molecule has 1 N–H and O–H groups in total. The Morgan fingerprint density at radius 2 is 2.03 bits per heavy atom. The molecule has 0 amide bonds. The number of rotatable bonds is 2. The molecule has 2 bridgehead atoms. The number of likely N-dealkylation sites (tertiary alicyclic amines) is 1. The van der Waals surface area contributed by atoms with Gasteiger partial charge in [0.05, 0.1) is 0 Å². The molecule has 158 valence electrons. The molecule has 6 heteroatoms. The van der Waals surface area contributed by atoms with Crippen molar-refractivity contribution in [2.45, 2.75) is 75.4 Å². The van der Waals surface area contributed by atoms with Crippen LogP contribution in [0.5, 0.6) is 11.5 Å². The predicted octanol–water partition coefficient (Wildman–Crippen LogP) is 4.48. The summed E-state index contributed by atoms with van der Waals surface area (Å²) < 4.78 is 14.7. The van der Waals surface area contributed by atoms with E-state index in [0.717, 1.165) is 30.9 Å². The molecule has 2 aliphatic heterocycles. The lowest BCUT2D eigenvalue weighted by Gasteiger charge is -2.56. The van der Waals surface area contributed by atoms with Crippen molar-refractivity contribution >= 4 is 30.9 Å². The standard InChI is InChI=1S/C23H32INO3Si/c1-22(2,3)29(5,6)28-18-12-15(24)13-11-16-14-7-8-17(26)21-23(14,9-10-25(16)4)19(13)20(18)27-21/h7-8,12,14,16-17,21,26H,9-11H2,1-6H3/t14-,16+,17-,21-,23-/m0/s1. The van der Waals surface area contributed by atoms with E-state index < -0.39 is 14.4 Å². The summed E-state index contributed by atoms with van der Waals surface area (Å²) in [7, 11) is 0.237. The smallest absolute Gasteiger partial charge is 0.250 e. The van der Waals surface area contributed by atoms with E-state index in [4.69, 9.17) is 9.16 Å². The summed E-state index contributed by atoms with van der Waals surface area (Å²) in [6.45, 7) is 12.4. The highest BCUT2D eigenvalue weighted by Gasteiger charge is 2.64. The number of benzene rings is 1. The largest absolute Gasteiger partial charge is 0.541 e. The van der Waals surface area contributed by atoms with E-state index in [1.54, 1.807) is 0 Å². The molecule has 1 saturated heterocycles. The number of likely N-dealkylation sites (N-methyl/N-ethyl adjacent to an activating group) is 1. The minimum absolute atomic E-state index is 0.118. The Bertz CT molecular complexity index is 908. The molecule has 1 fully saturated rings. The number of hydrogen-bond donors (Lipinski definition) is 1. The van der Waals surface area contributed by atoms with Gasteiger partial charge < -0.3 is 19.2 Å². The summed E-state index contributed by atoms with van der Waals surface area (Å²) in [5.41, 5.74) is 2.64. The van der Waals surface area contributed by atoms with Crippen molar-refractivity contribution in [3.63, 3.8) is 0 Å². The van der Waals surface area contributed by atoms with Crippen LogP contribution in [-0.4, -0.2) is 50.2 Å². The third-order valence-electron chi connectivity index (χ3n) is 8.38. The monoisotopic (exact) mass is 525 g/mol. The summed E-state index contributed by atoms with van der Waals surface area (Å²) in [4.78, 5) is 2.51. The van der Waals surface area contributed by atoms with Gasteiger partial charge in [-0.05, 0) is 78.8 Å². The Kier molecular flexibility index (Phi) is 4.37. The maximum Gasteiger partial charge on any atom is 0.250 e. The van der Waals surface area contributed by atoms with E-state index in [1.165, 1.54) is 14.7 Å². The molecule has 29 heavy (non-hydrogen) atoms. The number of aliphatic hydroxyl groups is 1. The summed E-state index contributed by atoms with van der Waals surface area (Å²) in [5, 5.41) is 11.0. The van der Waals surface area contributed by atoms with Crippen LogP contribution < -0.4 is 9.16 Å².